The van der Waals surface area contributed by atoms with Crippen LogP contribution >= 0.6 is 0 Å². The molecule has 0 fully saturated rings. The zero-order chi connectivity index (χ0) is 10.5. The molecule has 0 amide bonds. The molecule has 0 heterocycles. The highest BCUT2D eigenvalue weighted by molar-refractivity contribution is 4.81. The number of aliphatic hydroxyl groups excluding tert-OH is 1. The Bertz CT molecular complexity index is 133. The van der Waals surface area contributed by atoms with Gasteiger partial charge < -0.3 is 5.11 Å². The van der Waals surface area contributed by atoms with Crippen LogP contribution in [-0.2, 0) is 0 Å². The zero-order valence-corrected chi connectivity index (χ0v) is 9.93. The fraction of sp³-hybridized carbons (Fsp3) is 1.00. The SMILES string of the molecule is CCCC(C)(CO)C(C)C(C)CC. The monoisotopic (exact) mass is 186 g/mol. The van der Waals surface area contributed by atoms with Gasteiger partial charge in [0.2, 0.25) is 0 Å². The van der Waals surface area contributed by atoms with Crippen molar-refractivity contribution in [2.75, 3.05) is 6.61 Å². The van der Waals surface area contributed by atoms with E-state index in [1.165, 1.54) is 6.42 Å². The van der Waals surface area contributed by atoms with Gasteiger partial charge in [0.05, 0.1) is 0 Å². The molecule has 0 saturated carbocycles. The standard InChI is InChI=1S/C12H26O/c1-6-8-12(5,9-13)11(4)10(3)7-2/h10-11,13H,6-9H2,1-5H3. The predicted molar refractivity (Wildman–Crippen MR) is 58.7 cm³/mol. The fourth-order valence-electron chi connectivity index (χ4n) is 2.06. The Labute approximate surface area is 83.5 Å². The second-order valence-electron chi connectivity index (χ2n) is 4.74. The van der Waals surface area contributed by atoms with Gasteiger partial charge in [-0.15, -0.1) is 0 Å². The summed E-state index contributed by atoms with van der Waals surface area (Å²) in [6, 6.07) is 0. The van der Waals surface area contributed by atoms with E-state index < -0.39 is 0 Å². The highest BCUT2D eigenvalue weighted by Gasteiger charge is 2.32. The molecule has 0 rings (SSSR count). The molecule has 0 aromatic heterocycles. The summed E-state index contributed by atoms with van der Waals surface area (Å²) >= 11 is 0. The Balaban J connectivity index is 4.35. The van der Waals surface area contributed by atoms with Gasteiger partial charge in [-0.1, -0.05) is 47.5 Å². The second-order valence-corrected chi connectivity index (χ2v) is 4.74. The van der Waals surface area contributed by atoms with Crippen molar-refractivity contribution in [3.8, 4) is 0 Å². The van der Waals surface area contributed by atoms with Crippen LogP contribution in [0.1, 0.15) is 53.9 Å². The molecule has 0 aliphatic carbocycles. The summed E-state index contributed by atoms with van der Waals surface area (Å²) in [4.78, 5) is 0. The minimum Gasteiger partial charge on any atom is -0.396 e. The van der Waals surface area contributed by atoms with Gasteiger partial charge in [-0.2, -0.15) is 0 Å². The van der Waals surface area contributed by atoms with Crippen LogP contribution < -0.4 is 0 Å². The summed E-state index contributed by atoms with van der Waals surface area (Å²) in [5, 5.41) is 9.43. The van der Waals surface area contributed by atoms with Crippen molar-refractivity contribution in [2.24, 2.45) is 17.3 Å². The first-order chi connectivity index (χ1) is 6.01. The molecule has 0 saturated heterocycles. The summed E-state index contributed by atoms with van der Waals surface area (Å²) < 4.78 is 0. The first-order valence-corrected chi connectivity index (χ1v) is 5.62. The van der Waals surface area contributed by atoms with Crippen LogP contribution in [-0.4, -0.2) is 11.7 Å². The summed E-state index contributed by atoms with van der Waals surface area (Å²) in [5.41, 5.74) is 0.129. The summed E-state index contributed by atoms with van der Waals surface area (Å²) in [5.74, 6) is 1.33. The molecular weight excluding hydrogens is 160 g/mol. The van der Waals surface area contributed by atoms with Gasteiger partial charge in [0, 0.05) is 6.61 Å². The van der Waals surface area contributed by atoms with Crippen LogP contribution in [0.4, 0.5) is 0 Å². The molecule has 1 heteroatoms. The Morgan fingerprint density at radius 1 is 1.23 bits per heavy atom. The van der Waals surface area contributed by atoms with Gasteiger partial charge in [-0.3, -0.25) is 0 Å². The van der Waals surface area contributed by atoms with E-state index in [2.05, 4.69) is 34.6 Å². The molecule has 0 aromatic carbocycles. The third kappa shape index (κ3) is 3.30. The van der Waals surface area contributed by atoms with E-state index in [4.69, 9.17) is 0 Å². The van der Waals surface area contributed by atoms with Crippen LogP contribution in [0, 0.1) is 17.3 Å². The number of hydrogen-bond donors (Lipinski definition) is 1. The summed E-state index contributed by atoms with van der Waals surface area (Å²) in [6.07, 6.45) is 3.51. The van der Waals surface area contributed by atoms with Gasteiger partial charge in [-0.25, -0.2) is 0 Å². The highest BCUT2D eigenvalue weighted by Crippen LogP contribution is 2.37. The average Bonchev–Trinajstić information content (AvgIpc) is 2.15. The minimum absolute atomic E-state index is 0.129. The lowest BCUT2D eigenvalue weighted by Gasteiger charge is -2.37. The lowest BCUT2D eigenvalue weighted by atomic mass is 9.69. The normalized spacial score (nSPS) is 20.8. The van der Waals surface area contributed by atoms with Crippen molar-refractivity contribution in [2.45, 2.75) is 53.9 Å². The molecule has 3 atom stereocenters. The first kappa shape index (κ1) is 13.0. The maximum Gasteiger partial charge on any atom is 0.0487 e. The van der Waals surface area contributed by atoms with E-state index in [0.29, 0.717) is 18.4 Å². The molecule has 0 aromatic rings. The largest absolute Gasteiger partial charge is 0.396 e. The van der Waals surface area contributed by atoms with E-state index in [1.54, 1.807) is 0 Å². The van der Waals surface area contributed by atoms with Gasteiger partial charge in [0.25, 0.3) is 0 Å². The van der Waals surface area contributed by atoms with Crippen molar-refractivity contribution in [3.05, 3.63) is 0 Å². The number of hydrogen-bond acceptors (Lipinski definition) is 1. The molecular formula is C12H26O. The van der Waals surface area contributed by atoms with Crippen molar-refractivity contribution in [1.82, 2.24) is 0 Å². The lowest BCUT2D eigenvalue weighted by Crippen LogP contribution is -2.33. The van der Waals surface area contributed by atoms with Crippen molar-refractivity contribution < 1.29 is 5.11 Å². The molecule has 0 aliphatic rings. The van der Waals surface area contributed by atoms with Gasteiger partial charge >= 0.3 is 0 Å². The second kappa shape index (κ2) is 5.64. The van der Waals surface area contributed by atoms with Gasteiger partial charge in [0.1, 0.15) is 0 Å². The molecule has 13 heavy (non-hydrogen) atoms. The molecule has 1 N–H and O–H groups in total. The first-order valence-electron chi connectivity index (χ1n) is 5.62. The Morgan fingerprint density at radius 2 is 1.77 bits per heavy atom. The van der Waals surface area contributed by atoms with Crippen LogP contribution in [0.2, 0.25) is 0 Å². The molecule has 0 spiro atoms. The van der Waals surface area contributed by atoms with Gasteiger partial charge in [-0.05, 0) is 23.7 Å². The molecule has 1 nitrogen and oxygen atoms in total. The van der Waals surface area contributed by atoms with E-state index in [-0.39, 0.29) is 5.41 Å². The Kier molecular flexibility index (Phi) is 5.62. The van der Waals surface area contributed by atoms with E-state index in [0.717, 1.165) is 12.8 Å². The maximum atomic E-state index is 9.43. The minimum atomic E-state index is 0.129. The third-order valence-corrected chi connectivity index (χ3v) is 3.78. The van der Waals surface area contributed by atoms with Gasteiger partial charge in [0.15, 0.2) is 0 Å². The fourth-order valence-corrected chi connectivity index (χ4v) is 2.06. The third-order valence-electron chi connectivity index (χ3n) is 3.78. The highest BCUT2D eigenvalue weighted by atomic mass is 16.3. The lowest BCUT2D eigenvalue weighted by molar-refractivity contribution is 0.0484. The Morgan fingerprint density at radius 3 is 2.08 bits per heavy atom. The van der Waals surface area contributed by atoms with E-state index >= 15 is 0 Å². The molecule has 0 radical (unpaired) electrons. The molecule has 0 aliphatic heterocycles. The zero-order valence-electron chi connectivity index (χ0n) is 9.93. The van der Waals surface area contributed by atoms with Crippen molar-refractivity contribution in [1.29, 1.82) is 0 Å². The smallest absolute Gasteiger partial charge is 0.0487 e. The Hall–Kier alpha value is -0.0400. The van der Waals surface area contributed by atoms with Crippen LogP contribution in [0.15, 0.2) is 0 Å². The van der Waals surface area contributed by atoms with E-state index in [9.17, 15) is 5.11 Å². The van der Waals surface area contributed by atoms with Crippen LogP contribution in [0.25, 0.3) is 0 Å². The van der Waals surface area contributed by atoms with Crippen LogP contribution in [0.5, 0.6) is 0 Å². The molecule has 80 valence electrons. The summed E-state index contributed by atoms with van der Waals surface area (Å²) in [6.45, 7) is 11.5. The maximum absolute atomic E-state index is 9.43. The van der Waals surface area contributed by atoms with Crippen molar-refractivity contribution in [3.63, 3.8) is 0 Å². The topological polar surface area (TPSA) is 20.2 Å². The summed E-state index contributed by atoms with van der Waals surface area (Å²) in [7, 11) is 0. The molecule has 0 bridgehead atoms. The number of aliphatic hydroxyl groups is 1. The molecule has 3 unspecified atom stereocenters. The van der Waals surface area contributed by atoms with E-state index in [1.807, 2.05) is 0 Å². The quantitative estimate of drug-likeness (QED) is 0.673. The van der Waals surface area contributed by atoms with Crippen molar-refractivity contribution >= 4 is 0 Å². The van der Waals surface area contributed by atoms with Crippen LogP contribution in [0.3, 0.4) is 0 Å². The number of rotatable bonds is 6. The average molecular weight is 186 g/mol. The predicted octanol–water partition coefficient (Wildman–Crippen LogP) is 3.47.